The number of hydrogen-bond acceptors (Lipinski definition) is 2. The van der Waals surface area contributed by atoms with Crippen molar-refractivity contribution < 1.29 is 4.39 Å². The molecule has 1 unspecified atom stereocenters. The van der Waals surface area contributed by atoms with E-state index in [1.807, 2.05) is 17.8 Å². The van der Waals surface area contributed by atoms with Crippen LogP contribution in [0.4, 0.5) is 4.39 Å². The molecule has 124 valence electrons. The Bertz CT molecular complexity index is 516. The van der Waals surface area contributed by atoms with E-state index in [4.69, 9.17) is 0 Å². The first-order valence-corrected chi connectivity index (χ1v) is 8.34. The molecule has 2 N–H and O–H groups in total. The van der Waals surface area contributed by atoms with Crippen molar-refractivity contribution in [1.82, 2.24) is 10.6 Å². The second kappa shape index (κ2) is 8.96. The monoisotopic (exact) mass is 437 g/mol. The minimum absolute atomic E-state index is 0. The summed E-state index contributed by atoms with van der Waals surface area (Å²) in [6.45, 7) is 5.64. The predicted octanol–water partition coefficient (Wildman–Crippen LogP) is 3.70. The highest BCUT2D eigenvalue weighted by Crippen LogP contribution is 2.36. The molecule has 0 saturated carbocycles. The van der Waals surface area contributed by atoms with Gasteiger partial charge in [0.05, 0.1) is 0 Å². The lowest BCUT2D eigenvalue weighted by molar-refractivity contribution is 0.584. The lowest BCUT2D eigenvalue weighted by atomic mass is 10.1. The molecule has 1 atom stereocenters. The summed E-state index contributed by atoms with van der Waals surface area (Å²) in [7, 11) is 1.77. The van der Waals surface area contributed by atoms with Gasteiger partial charge in [0.25, 0.3) is 0 Å². The summed E-state index contributed by atoms with van der Waals surface area (Å²) < 4.78 is 13.6. The van der Waals surface area contributed by atoms with Crippen LogP contribution in [0.25, 0.3) is 0 Å². The molecule has 0 amide bonds. The van der Waals surface area contributed by atoms with Gasteiger partial charge in [0.2, 0.25) is 0 Å². The van der Waals surface area contributed by atoms with E-state index in [1.165, 1.54) is 24.7 Å². The molecular weight excluding hydrogens is 412 g/mol. The van der Waals surface area contributed by atoms with Crippen LogP contribution in [0, 0.1) is 12.7 Å². The minimum atomic E-state index is -0.160. The number of benzene rings is 1. The van der Waals surface area contributed by atoms with Crippen molar-refractivity contribution in [3.05, 3.63) is 35.1 Å². The van der Waals surface area contributed by atoms with Crippen LogP contribution in [-0.4, -0.2) is 30.1 Å². The van der Waals surface area contributed by atoms with Crippen molar-refractivity contribution in [1.29, 1.82) is 0 Å². The van der Waals surface area contributed by atoms with Gasteiger partial charge in [-0.05, 0) is 49.6 Å². The van der Waals surface area contributed by atoms with Crippen molar-refractivity contribution >= 4 is 41.7 Å². The Morgan fingerprint density at radius 3 is 2.77 bits per heavy atom. The van der Waals surface area contributed by atoms with Gasteiger partial charge in [-0.2, -0.15) is 11.8 Å². The van der Waals surface area contributed by atoms with Crippen molar-refractivity contribution in [2.45, 2.75) is 38.0 Å². The van der Waals surface area contributed by atoms with Gasteiger partial charge in [-0.1, -0.05) is 12.1 Å². The van der Waals surface area contributed by atoms with Crippen LogP contribution in [0.2, 0.25) is 0 Å². The summed E-state index contributed by atoms with van der Waals surface area (Å²) in [5.74, 6) is 1.89. The van der Waals surface area contributed by atoms with E-state index in [-0.39, 0.29) is 29.8 Å². The molecule has 0 aliphatic carbocycles. The van der Waals surface area contributed by atoms with Crippen LogP contribution in [-0.2, 0) is 6.54 Å². The van der Waals surface area contributed by atoms with Gasteiger partial charge in [-0.15, -0.1) is 24.0 Å². The van der Waals surface area contributed by atoms with Crippen LogP contribution in [0.5, 0.6) is 0 Å². The highest BCUT2D eigenvalue weighted by molar-refractivity contribution is 14.0. The second-order valence-electron chi connectivity index (χ2n) is 5.76. The Morgan fingerprint density at radius 1 is 1.41 bits per heavy atom. The van der Waals surface area contributed by atoms with E-state index in [0.717, 1.165) is 18.1 Å². The summed E-state index contributed by atoms with van der Waals surface area (Å²) in [5.41, 5.74) is 1.73. The number of halogens is 2. The van der Waals surface area contributed by atoms with Crippen LogP contribution in [0.3, 0.4) is 0 Å². The molecule has 0 spiro atoms. The van der Waals surface area contributed by atoms with E-state index in [2.05, 4.69) is 22.5 Å². The van der Waals surface area contributed by atoms with Gasteiger partial charge in [0.15, 0.2) is 5.96 Å². The third kappa shape index (κ3) is 5.61. The molecule has 6 heteroatoms. The maximum atomic E-state index is 13.2. The number of nitrogens with zero attached hydrogens (tertiary/aromatic N) is 1. The highest BCUT2D eigenvalue weighted by Gasteiger charge is 2.29. The van der Waals surface area contributed by atoms with Crippen LogP contribution >= 0.6 is 35.7 Å². The fourth-order valence-electron chi connectivity index (χ4n) is 2.47. The molecule has 0 aromatic heterocycles. The Hall–Kier alpha value is -0.500. The number of aryl methyl sites for hydroxylation is 1. The Labute approximate surface area is 154 Å². The number of guanidine groups is 1. The molecule has 1 aliphatic rings. The van der Waals surface area contributed by atoms with Crippen molar-refractivity contribution in [2.24, 2.45) is 4.99 Å². The number of rotatable bonds is 4. The SMILES string of the molecule is CN=C(NCc1ccc(F)c(C)c1)NCC1(C)CCCS1.I. The van der Waals surface area contributed by atoms with Crippen molar-refractivity contribution in [2.75, 3.05) is 19.3 Å². The summed E-state index contributed by atoms with van der Waals surface area (Å²) in [4.78, 5) is 4.25. The van der Waals surface area contributed by atoms with E-state index in [9.17, 15) is 4.39 Å². The zero-order chi connectivity index (χ0) is 15.3. The maximum absolute atomic E-state index is 13.2. The van der Waals surface area contributed by atoms with Crippen LogP contribution < -0.4 is 10.6 Å². The average Bonchev–Trinajstić information content (AvgIpc) is 2.90. The van der Waals surface area contributed by atoms with Gasteiger partial charge in [-0.25, -0.2) is 4.39 Å². The zero-order valence-corrected chi connectivity index (χ0v) is 16.6. The van der Waals surface area contributed by atoms with Crippen LogP contribution in [0.15, 0.2) is 23.2 Å². The van der Waals surface area contributed by atoms with E-state index >= 15 is 0 Å². The fraction of sp³-hybridized carbons (Fsp3) is 0.562. The predicted molar refractivity (Wildman–Crippen MR) is 105 cm³/mol. The Balaban J connectivity index is 0.00000242. The molecule has 0 bridgehead atoms. The number of thioether (sulfide) groups is 1. The molecule has 22 heavy (non-hydrogen) atoms. The minimum Gasteiger partial charge on any atom is -0.355 e. The molecule has 1 aliphatic heterocycles. The van der Waals surface area contributed by atoms with Gasteiger partial charge in [-0.3, -0.25) is 4.99 Å². The number of nitrogens with one attached hydrogen (secondary N) is 2. The fourth-order valence-corrected chi connectivity index (χ4v) is 3.71. The normalized spacial score (nSPS) is 21.4. The molecule has 2 rings (SSSR count). The largest absolute Gasteiger partial charge is 0.355 e. The quantitative estimate of drug-likeness (QED) is 0.429. The smallest absolute Gasteiger partial charge is 0.191 e. The standard InChI is InChI=1S/C16H24FN3S.HI/c1-12-9-13(5-6-14(12)17)10-19-15(18-3)20-11-16(2)7-4-8-21-16;/h5-6,9H,4,7-8,10-11H2,1-3H3,(H2,18,19,20);1H. The van der Waals surface area contributed by atoms with Crippen LogP contribution in [0.1, 0.15) is 30.9 Å². The molecule has 1 aromatic carbocycles. The maximum Gasteiger partial charge on any atom is 0.191 e. The third-order valence-corrected chi connectivity index (χ3v) is 5.37. The summed E-state index contributed by atoms with van der Waals surface area (Å²) in [6, 6.07) is 5.18. The molecule has 0 radical (unpaired) electrons. The van der Waals surface area contributed by atoms with Gasteiger partial charge in [0, 0.05) is 24.9 Å². The highest BCUT2D eigenvalue weighted by atomic mass is 127. The summed E-state index contributed by atoms with van der Waals surface area (Å²) >= 11 is 2.03. The summed E-state index contributed by atoms with van der Waals surface area (Å²) in [6.07, 6.45) is 2.54. The topological polar surface area (TPSA) is 36.4 Å². The first-order chi connectivity index (χ1) is 10.0. The first-order valence-electron chi connectivity index (χ1n) is 7.36. The molecule has 1 heterocycles. The molecule has 1 aromatic rings. The number of hydrogen-bond donors (Lipinski definition) is 2. The number of aliphatic imine (C=N–C) groups is 1. The van der Waals surface area contributed by atoms with E-state index in [0.29, 0.717) is 16.9 Å². The summed E-state index contributed by atoms with van der Waals surface area (Å²) in [5, 5.41) is 6.67. The second-order valence-corrected chi connectivity index (χ2v) is 7.45. The lowest BCUT2D eigenvalue weighted by Crippen LogP contribution is -2.43. The lowest BCUT2D eigenvalue weighted by Gasteiger charge is -2.24. The molecular formula is C16H25FIN3S. The zero-order valence-electron chi connectivity index (χ0n) is 13.4. The Kier molecular flexibility index (Phi) is 7.96. The molecule has 3 nitrogen and oxygen atoms in total. The van der Waals surface area contributed by atoms with Gasteiger partial charge < -0.3 is 10.6 Å². The van der Waals surface area contributed by atoms with Gasteiger partial charge in [0.1, 0.15) is 5.82 Å². The average molecular weight is 437 g/mol. The van der Waals surface area contributed by atoms with E-state index in [1.54, 1.807) is 20.0 Å². The van der Waals surface area contributed by atoms with Gasteiger partial charge >= 0.3 is 0 Å². The van der Waals surface area contributed by atoms with E-state index < -0.39 is 0 Å². The first kappa shape index (κ1) is 19.5. The molecule has 1 saturated heterocycles. The third-order valence-electron chi connectivity index (χ3n) is 3.84. The van der Waals surface area contributed by atoms with Crippen molar-refractivity contribution in [3.63, 3.8) is 0 Å². The van der Waals surface area contributed by atoms with Crippen molar-refractivity contribution in [3.8, 4) is 0 Å². The Morgan fingerprint density at radius 2 is 2.18 bits per heavy atom. The molecule has 1 fully saturated rings.